The number of methoxy groups -OCH3 is 1. The number of aliphatic carboxylic acids is 1. The lowest BCUT2D eigenvalue weighted by molar-refractivity contribution is -0.144. The van der Waals surface area contributed by atoms with Crippen LogP contribution in [0.15, 0.2) is 66.6 Å². The summed E-state index contributed by atoms with van der Waals surface area (Å²) in [5.41, 5.74) is 1.13. The summed E-state index contributed by atoms with van der Waals surface area (Å²) < 4.78 is 12.2. The number of fused-ring (bicyclic) bond motifs is 2. The molecule has 6 N–H and O–H groups in total. The van der Waals surface area contributed by atoms with Crippen LogP contribution in [0.1, 0.15) is 64.6 Å². The Morgan fingerprint density at radius 1 is 1.08 bits per heavy atom. The zero-order valence-electron chi connectivity index (χ0n) is 33.9. The number of hydrogen-bond donors (Lipinski definition) is 6. The number of aliphatic hydroxyl groups excluding tert-OH is 1. The van der Waals surface area contributed by atoms with Crippen LogP contribution in [0.4, 0.5) is 9.93 Å². The van der Waals surface area contributed by atoms with Gasteiger partial charge in [0.15, 0.2) is 5.13 Å². The van der Waals surface area contributed by atoms with Gasteiger partial charge in [-0.2, -0.15) is 0 Å². The molecule has 312 valence electrons. The quantitative estimate of drug-likeness (QED) is 0.0985. The third-order valence-electron chi connectivity index (χ3n) is 11.2. The number of aliphatic hydroxyl groups is 1. The predicted octanol–water partition coefficient (Wildman–Crippen LogP) is 5.05. The molecule has 7 rings (SSSR count). The Morgan fingerprint density at radius 3 is 2.53 bits per heavy atom. The van der Waals surface area contributed by atoms with Gasteiger partial charge in [-0.05, 0) is 48.9 Å². The van der Waals surface area contributed by atoms with E-state index in [-0.39, 0.29) is 25.4 Å². The topological polar surface area (TPSA) is 204 Å². The van der Waals surface area contributed by atoms with E-state index in [1.807, 2.05) is 49.6 Å². The van der Waals surface area contributed by atoms with Gasteiger partial charge in [-0.3, -0.25) is 9.59 Å². The average molecular weight is 826 g/mol. The van der Waals surface area contributed by atoms with E-state index in [4.69, 9.17) is 19.4 Å². The van der Waals surface area contributed by atoms with Gasteiger partial charge in [-0.25, -0.2) is 19.6 Å². The van der Waals surface area contributed by atoms with E-state index in [2.05, 4.69) is 27.8 Å². The zero-order valence-corrected chi connectivity index (χ0v) is 34.8. The number of aromatic nitrogens is 2. The monoisotopic (exact) mass is 825 g/mol. The molecule has 16 heteroatoms. The van der Waals surface area contributed by atoms with Crippen LogP contribution in [-0.2, 0) is 20.8 Å². The summed E-state index contributed by atoms with van der Waals surface area (Å²) in [6, 6.07) is 11.2. The highest BCUT2D eigenvalue weighted by Gasteiger charge is 2.61. The highest BCUT2D eigenvalue weighted by atomic mass is 32.1. The lowest BCUT2D eigenvalue weighted by Crippen LogP contribution is -2.60. The number of benzene rings is 2. The van der Waals surface area contributed by atoms with Gasteiger partial charge in [0.1, 0.15) is 40.9 Å². The molecule has 2 aromatic heterocycles. The Bertz CT molecular complexity index is 2290. The van der Waals surface area contributed by atoms with Crippen LogP contribution in [-0.4, -0.2) is 98.4 Å². The van der Waals surface area contributed by atoms with Gasteiger partial charge in [0.25, 0.3) is 0 Å². The van der Waals surface area contributed by atoms with Crippen LogP contribution in [0.5, 0.6) is 11.5 Å². The molecule has 7 unspecified atom stereocenters. The van der Waals surface area contributed by atoms with E-state index in [9.17, 15) is 29.4 Å². The molecule has 0 bridgehead atoms. The standard InChI is InChI=1S/C43H51N7O8S/c1-8-24-19-43(24,39(54)55)49-37(52)32-17-26(58-34-18-30(31-21-59-40(46-31)44-22(2)3)45-29-16-25(57-7)13-14-28(29)34)20-50(32)41(56)48-36(42(4,5)6)38(53)47-35-27-12-10-9-11-23(27)15-33(35)51/h8-14,16,18,21-22,24,26,32-33,35-36,51H,1,15,17,19-20H2,2-7H3,(H,44,46)(H,47,53)(H,48,56)(H,49,52)(H,54,55). The summed E-state index contributed by atoms with van der Waals surface area (Å²) in [6.07, 6.45) is 0.468. The van der Waals surface area contributed by atoms with Crippen molar-refractivity contribution >= 4 is 51.2 Å². The number of hydrogen-bond acceptors (Lipinski definition) is 11. The van der Waals surface area contributed by atoms with Gasteiger partial charge in [-0.15, -0.1) is 17.9 Å². The van der Waals surface area contributed by atoms with Crippen molar-refractivity contribution in [2.24, 2.45) is 11.3 Å². The molecule has 3 heterocycles. The van der Waals surface area contributed by atoms with E-state index in [1.165, 1.54) is 22.3 Å². The van der Waals surface area contributed by atoms with E-state index in [0.29, 0.717) is 40.2 Å². The number of carbonyl (C=O) groups excluding carboxylic acids is 3. The van der Waals surface area contributed by atoms with Gasteiger partial charge >= 0.3 is 12.0 Å². The van der Waals surface area contributed by atoms with Gasteiger partial charge in [0.05, 0.1) is 37.0 Å². The van der Waals surface area contributed by atoms with Crippen molar-refractivity contribution in [3.63, 3.8) is 0 Å². The Balaban J connectivity index is 1.18. The maximum absolute atomic E-state index is 14.4. The molecule has 0 radical (unpaired) electrons. The number of anilines is 1. The van der Waals surface area contributed by atoms with Crippen molar-refractivity contribution in [1.82, 2.24) is 30.8 Å². The fourth-order valence-corrected chi connectivity index (χ4v) is 8.81. The second-order valence-electron chi connectivity index (χ2n) is 16.9. The maximum atomic E-state index is 14.4. The summed E-state index contributed by atoms with van der Waals surface area (Å²) in [5, 5.41) is 36.2. The van der Waals surface area contributed by atoms with Crippen molar-refractivity contribution in [2.75, 3.05) is 19.0 Å². The molecule has 15 nitrogen and oxygen atoms in total. The molecule has 2 aromatic carbocycles. The second-order valence-corrected chi connectivity index (χ2v) is 17.7. The molecule has 0 spiro atoms. The van der Waals surface area contributed by atoms with E-state index in [1.54, 1.807) is 46.1 Å². The van der Waals surface area contributed by atoms with Crippen molar-refractivity contribution in [1.29, 1.82) is 0 Å². The summed E-state index contributed by atoms with van der Waals surface area (Å²) in [4.78, 5) is 65.9. The Labute approximate surface area is 346 Å². The van der Waals surface area contributed by atoms with Gasteiger partial charge in [0.2, 0.25) is 11.8 Å². The Morgan fingerprint density at radius 2 is 1.85 bits per heavy atom. The fraction of sp³-hybridized carbons (Fsp3) is 0.442. The highest BCUT2D eigenvalue weighted by Crippen LogP contribution is 2.45. The van der Waals surface area contributed by atoms with E-state index in [0.717, 1.165) is 16.3 Å². The SMILES string of the molecule is C=CC1CC1(NC(=O)C1CC(Oc2cc(-c3csc(NC(C)C)n3)nc3cc(OC)ccc23)CN1C(=O)NC(C(=O)NC1c2ccccc2CC1O)C(C)(C)C)C(=O)O. The Kier molecular flexibility index (Phi) is 11.3. The van der Waals surface area contributed by atoms with Crippen molar-refractivity contribution in [2.45, 2.75) is 95.8 Å². The lowest BCUT2D eigenvalue weighted by atomic mass is 9.86. The van der Waals surface area contributed by atoms with Crippen molar-refractivity contribution in [3.8, 4) is 22.9 Å². The number of pyridine rings is 1. The van der Waals surface area contributed by atoms with Crippen LogP contribution in [0.25, 0.3) is 22.3 Å². The highest BCUT2D eigenvalue weighted by molar-refractivity contribution is 7.14. The number of carboxylic acid groups (broad SMARTS) is 1. The molecular weight excluding hydrogens is 775 g/mol. The molecule has 4 aromatic rings. The summed E-state index contributed by atoms with van der Waals surface area (Å²) in [5.74, 6) is -1.83. The zero-order chi connectivity index (χ0) is 42.4. The van der Waals surface area contributed by atoms with Crippen LogP contribution in [0, 0.1) is 11.3 Å². The first-order chi connectivity index (χ1) is 28.0. The molecule has 59 heavy (non-hydrogen) atoms. The third-order valence-corrected chi connectivity index (χ3v) is 12.0. The number of urea groups is 1. The van der Waals surface area contributed by atoms with Gasteiger partial charge in [0, 0.05) is 47.7 Å². The first-order valence-electron chi connectivity index (χ1n) is 19.7. The first-order valence-corrected chi connectivity index (χ1v) is 20.6. The largest absolute Gasteiger partial charge is 0.497 e. The summed E-state index contributed by atoms with van der Waals surface area (Å²) in [6.45, 7) is 13.1. The molecule has 4 amide bonds. The molecule has 1 aliphatic heterocycles. The minimum atomic E-state index is -1.54. The van der Waals surface area contributed by atoms with E-state index < -0.39 is 71.0 Å². The van der Waals surface area contributed by atoms with Crippen LogP contribution in [0.3, 0.4) is 0 Å². The van der Waals surface area contributed by atoms with E-state index >= 15 is 0 Å². The normalized spacial score (nSPS) is 23.9. The van der Waals surface area contributed by atoms with Crippen molar-refractivity contribution < 1.29 is 38.9 Å². The van der Waals surface area contributed by atoms with Crippen molar-refractivity contribution in [3.05, 3.63) is 77.7 Å². The number of amides is 4. The minimum Gasteiger partial charge on any atom is -0.497 e. The molecule has 3 aliphatic rings. The molecule has 7 atom stereocenters. The second kappa shape index (κ2) is 16.1. The molecule has 2 aliphatic carbocycles. The van der Waals surface area contributed by atoms with Crippen LogP contribution >= 0.6 is 11.3 Å². The summed E-state index contributed by atoms with van der Waals surface area (Å²) in [7, 11) is 1.56. The van der Waals surface area contributed by atoms with Crippen LogP contribution in [0.2, 0.25) is 0 Å². The number of nitrogens with one attached hydrogen (secondary N) is 4. The van der Waals surface area contributed by atoms with Gasteiger partial charge < -0.3 is 45.9 Å². The lowest BCUT2D eigenvalue weighted by Gasteiger charge is -2.34. The fourth-order valence-electron chi connectivity index (χ4n) is 7.96. The smallest absolute Gasteiger partial charge is 0.330 e. The number of thiazole rings is 1. The minimum absolute atomic E-state index is 0.0135. The number of carbonyl (C=O) groups is 4. The first kappa shape index (κ1) is 41.4. The Hall–Kier alpha value is -5.74. The predicted molar refractivity (Wildman–Crippen MR) is 223 cm³/mol. The third kappa shape index (κ3) is 8.41. The van der Waals surface area contributed by atoms with Gasteiger partial charge in [-0.1, -0.05) is 51.1 Å². The number of ether oxygens (including phenoxy) is 2. The average Bonchev–Trinajstić information content (AvgIpc) is 3.44. The number of nitrogens with zero attached hydrogens (tertiary/aromatic N) is 3. The molecular formula is C43H51N7O8S. The summed E-state index contributed by atoms with van der Waals surface area (Å²) >= 11 is 1.45. The molecule has 1 saturated heterocycles. The number of likely N-dealkylation sites (tertiary alicyclic amines) is 1. The van der Waals surface area contributed by atoms with Crippen LogP contribution < -0.4 is 30.7 Å². The maximum Gasteiger partial charge on any atom is 0.330 e. The number of rotatable bonds is 13. The number of carboxylic acids is 1. The molecule has 1 saturated carbocycles. The molecule has 2 fully saturated rings.